The maximum atomic E-state index is 6.06. The van der Waals surface area contributed by atoms with E-state index in [1.165, 1.54) is 0 Å². The number of aromatic nitrogens is 5. The predicted octanol–water partition coefficient (Wildman–Crippen LogP) is 3.15. The van der Waals surface area contributed by atoms with Crippen LogP contribution in [-0.2, 0) is 4.74 Å². The molecular formula is C20H16N6O2. The number of nitrogens with one attached hydrogen (secondary N) is 1. The quantitative estimate of drug-likeness (QED) is 0.509. The van der Waals surface area contributed by atoms with Crippen molar-refractivity contribution >= 4 is 39.1 Å². The molecule has 1 aliphatic rings. The van der Waals surface area contributed by atoms with Gasteiger partial charge in [-0.2, -0.15) is 0 Å². The van der Waals surface area contributed by atoms with Crippen LogP contribution in [0.15, 0.2) is 47.3 Å². The second kappa shape index (κ2) is 6.00. The summed E-state index contributed by atoms with van der Waals surface area (Å²) in [6, 6.07) is 9.83. The number of hydrogen-bond donors (Lipinski definition) is 1. The van der Waals surface area contributed by atoms with E-state index >= 15 is 0 Å². The third-order valence-electron chi connectivity index (χ3n) is 5.07. The lowest BCUT2D eigenvalue weighted by molar-refractivity contribution is 0.122. The van der Waals surface area contributed by atoms with Gasteiger partial charge in [0.25, 0.3) is 0 Å². The smallest absolute Gasteiger partial charge is 0.229 e. The number of morpholine rings is 1. The van der Waals surface area contributed by atoms with Crippen LogP contribution >= 0.6 is 0 Å². The molecule has 0 aliphatic carbocycles. The normalized spacial score (nSPS) is 15.1. The van der Waals surface area contributed by atoms with Crippen LogP contribution < -0.4 is 4.90 Å². The number of pyridine rings is 1. The van der Waals surface area contributed by atoms with Crippen molar-refractivity contribution in [1.82, 2.24) is 24.9 Å². The van der Waals surface area contributed by atoms with Crippen molar-refractivity contribution in [2.24, 2.45) is 0 Å². The van der Waals surface area contributed by atoms with Crippen molar-refractivity contribution in [3.63, 3.8) is 0 Å². The molecule has 138 valence electrons. The van der Waals surface area contributed by atoms with Crippen LogP contribution in [0.25, 0.3) is 44.6 Å². The fraction of sp³-hybridized carbons (Fsp3) is 0.200. The number of furan rings is 1. The molecule has 1 aromatic carbocycles. The van der Waals surface area contributed by atoms with Crippen LogP contribution in [0.3, 0.4) is 0 Å². The van der Waals surface area contributed by atoms with E-state index in [1.807, 2.05) is 30.3 Å². The summed E-state index contributed by atoms with van der Waals surface area (Å²) in [6.07, 6.45) is 3.41. The molecule has 0 radical (unpaired) electrons. The van der Waals surface area contributed by atoms with Gasteiger partial charge in [-0.1, -0.05) is 6.07 Å². The maximum Gasteiger partial charge on any atom is 0.229 e. The van der Waals surface area contributed by atoms with Crippen LogP contribution in [0.4, 0.5) is 5.82 Å². The summed E-state index contributed by atoms with van der Waals surface area (Å²) in [5.41, 5.74) is 4.68. The third-order valence-corrected chi connectivity index (χ3v) is 5.07. The van der Waals surface area contributed by atoms with Crippen molar-refractivity contribution in [1.29, 1.82) is 0 Å². The molecule has 0 bridgehead atoms. The highest BCUT2D eigenvalue weighted by Crippen LogP contribution is 2.35. The number of ether oxygens (including phenoxy) is 1. The number of rotatable bonds is 2. The highest BCUT2D eigenvalue weighted by molar-refractivity contribution is 6.05. The van der Waals surface area contributed by atoms with E-state index in [0.717, 1.165) is 46.4 Å². The Morgan fingerprint density at radius 3 is 2.82 bits per heavy atom. The fourth-order valence-electron chi connectivity index (χ4n) is 3.72. The van der Waals surface area contributed by atoms with Gasteiger partial charge in [-0.3, -0.25) is 0 Å². The third kappa shape index (κ3) is 2.28. The highest BCUT2D eigenvalue weighted by Gasteiger charge is 2.23. The van der Waals surface area contributed by atoms with Crippen LogP contribution in [0.1, 0.15) is 0 Å². The summed E-state index contributed by atoms with van der Waals surface area (Å²) >= 11 is 0. The monoisotopic (exact) mass is 372 g/mol. The van der Waals surface area contributed by atoms with Gasteiger partial charge in [0.2, 0.25) is 5.71 Å². The zero-order valence-electron chi connectivity index (χ0n) is 14.9. The number of aromatic amines is 1. The molecule has 8 nitrogen and oxygen atoms in total. The molecule has 1 saturated heterocycles. The Bertz CT molecular complexity index is 1320. The molecule has 0 spiro atoms. The largest absolute Gasteiger partial charge is 0.432 e. The number of imidazole rings is 1. The number of fused-ring (bicyclic) bond motifs is 4. The van der Waals surface area contributed by atoms with Gasteiger partial charge < -0.3 is 19.0 Å². The Labute approximate surface area is 159 Å². The Morgan fingerprint density at radius 2 is 1.89 bits per heavy atom. The average Bonchev–Trinajstić information content (AvgIpc) is 3.38. The number of hydrogen-bond acceptors (Lipinski definition) is 7. The van der Waals surface area contributed by atoms with E-state index in [2.05, 4.69) is 19.9 Å². The van der Waals surface area contributed by atoms with E-state index in [0.29, 0.717) is 30.3 Å². The lowest BCUT2D eigenvalue weighted by atomic mass is 10.1. The molecule has 1 fully saturated rings. The van der Waals surface area contributed by atoms with Gasteiger partial charge in [-0.25, -0.2) is 19.9 Å². The summed E-state index contributed by atoms with van der Waals surface area (Å²) in [7, 11) is 0. The van der Waals surface area contributed by atoms with E-state index in [9.17, 15) is 0 Å². The minimum atomic E-state index is 0.566. The van der Waals surface area contributed by atoms with Crippen molar-refractivity contribution in [3.8, 4) is 11.4 Å². The molecular weight excluding hydrogens is 356 g/mol. The van der Waals surface area contributed by atoms with Crippen LogP contribution in [-0.4, -0.2) is 51.2 Å². The zero-order chi connectivity index (χ0) is 18.5. The molecule has 6 rings (SSSR count). The van der Waals surface area contributed by atoms with Gasteiger partial charge in [0.15, 0.2) is 17.2 Å². The second-order valence-electron chi connectivity index (χ2n) is 6.71. The fourth-order valence-corrected chi connectivity index (χ4v) is 3.72. The van der Waals surface area contributed by atoms with Gasteiger partial charge in [0.05, 0.1) is 36.0 Å². The van der Waals surface area contributed by atoms with Crippen molar-refractivity contribution < 1.29 is 9.15 Å². The molecule has 5 aromatic rings. The molecule has 5 heterocycles. The molecule has 4 aromatic heterocycles. The van der Waals surface area contributed by atoms with E-state index < -0.39 is 0 Å². The predicted molar refractivity (Wildman–Crippen MR) is 105 cm³/mol. The summed E-state index contributed by atoms with van der Waals surface area (Å²) in [5.74, 6) is 1.40. The highest BCUT2D eigenvalue weighted by atomic mass is 16.5. The Balaban J connectivity index is 1.67. The lowest BCUT2D eigenvalue weighted by Gasteiger charge is -2.27. The lowest BCUT2D eigenvalue weighted by Crippen LogP contribution is -2.37. The molecule has 1 aliphatic heterocycles. The summed E-state index contributed by atoms with van der Waals surface area (Å²) in [6.45, 7) is 2.83. The molecule has 28 heavy (non-hydrogen) atoms. The van der Waals surface area contributed by atoms with Crippen molar-refractivity contribution in [3.05, 3.63) is 42.9 Å². The SMILES string of the molecule is c1cc(-c2nc(N3CCOCC3)c3oc4ncccc4c3n2)c2nc[nH]c2c1. The Kier molecular flexibility index (Phi) is 3.33. The Hall–Kier alpha value is -3.52. The van der Waals surface area contributed by atoms with Crippen LogP contribution in [0.2, 0.25) is 0 Å². The first-order chi connectivity index (χ1) is 13.9. The molecule has 0 amide bonds. The standard InChI is InChI=1S/C20H16N6O2/c1-3-12(15-14(5-1)22-11-23-15)18-24-16-13-4-2-6-21-20(13)28-17(16)19(25-18)26-7-9-27-10-8-26/h1-6,11H,7-10H2,(H,22,23). The summed E-state index contributed by atoms with van der Waals surface area (Å²) in [5, 5.41) is 0.880. The van der Waals surface area contributed by atoms with Crippen LogP contribution in [0.5, 0.6) is 0 Å². The minimum Gasteiger partial charge on any atom is -0.432 e. The number of para-hydroxylation sites is 1. The van der Waals surface area contributed by atoms with E-state index in [-0.39, 0.29) is 0 Å². The number of benzene rings is 1. The van der Waals surface area contributed by atoms with Crippen LogP contribution in [0, 0.1) is 0 Å². The first kappa shape index (κ1) is 15.5. The van der Waals surface area contributed by atoms with E-state index in [4.69, 9.17) is 19.1 Å². The molecule has 8 heteroatoms. The summed E-state index contributed by atoms with van der Waals surface area (Å²) in [4.78, 5) is 23.9. The maximum absolute atomic E-state index is 6.06. The van der Waals surface area contributed by atoms with Gasteiger partial charge in [-0.05, 0) is 24.3 Å². The zero-order valence-corrected chi connectivity index (χ0v) is 14.9. The summed E-state index contributed by atoms with van der Waals surface area (Å²) < 4.78 is 11.6. The van der Waals surface area contributed by atoms with Gasteiger partial charge in [-0.15, -0.1) is 0 Å². The first-order valence-electron chi connectivity index (χ1n) is 9.19. The molecule has 0 unspecified atom stereocenters. The van der Waals surface area contributed by atoms with Crippen molar-refractivity contribution in [2.75, 3.05) is 31.2 Å². The van der Waals surface area contributed by atoms with Crippen molar-refractivity contribution in [2.45, 2.75) is 0 Å². The molecule has 0 saturated carbocycles. The minimum absolute atomic E-state index is 0.566. The van der Waals surface area contributed by atoms with Gasteiger partial charge in [0.1, 0.15) is 5.52 Å². The van der Waals surface area contributed by atoms with Gasteiger partial charge >= 0.3 is 0 Å². The molecule has 1 N–H and O–H groups in total. The number of nitrogens with zero attached hydrogens (tertiary/aromatic N) is 5. The average molecular weight is 372 g/mol. The van der Waals surface area contributed by atoms with Gasteiger partial charge in [0, 0.05) is 24.8 Å². The number of H-pyrrole nitrogens is 1. The molecule has 0 atom stereocenters. The first-order valence-corrected chi connectivity index (χ1v) is 9.19. The van der Waals surface area contributed by atoms with E-state index in [1.54, 1.807) is 12.5 Å². The number of anilines is 1. The second-order valence-corrected chi connectivity index (χ2v) is 6.71. The topological polar surface area (TPSA) is 93.0 Å². The Morgan fingerprint density at radius 1 is 0.964 bits per heavy atom.